The van der Waals surface area contributed by atoms with Gasteiger partial charge >= 0.3 is 0 Å². The van der Waals surface area contributed by atoms with E-state index in [0.717, 1.165) is 20.7 Å². The van der Waals surface area contributed by atoms with E-state index in [1.54, 1.807) is 17.4 Å². The quantitative estimate of drug-likeness (QED) is 0.528. The van der Waals surface area contributed by atoms with Crippen LogP contribution in [0.15, 0.2) is 46.8 Å². The van der Waals surface area contributed by atoms with Gasteiger partial charge < -0.3 is 4.57 Å². The van der Waals surface area contributed by atoms with Crippen LogP contribution >= 0.6 is 22.7 Å². The predicted octanol–water partition coefficient (Wildman–Crippen LogP) is 3.85. The number of terminal acetylenes is 1. The molecule has 0 aliphatic heterocycles. The molecule has 23 heavy (non-hydrogen) atoms. The number of fused-ring (bicyclic) bond motifs is 1. The number of aromatic nitrogens is 1. The molecule has 3 aromatic rings. The third-order valence-electron chi connectivity index (χ3n) is 3.29. The molecule has 0 saturated carbocycles. The first-order valence-corrected chi connectivity index (χ1v) is 8.71. The Bertz CT molecular complexity index is 982. The van der Waals surface area contributed by atoms with Gasteiger partial charge in [0.1, 0.15) is 0 Å². The fraction of sp³-hybridized carbons (Fsp3) is 0.111. The number of para-hydroxylation sites is 1. The molecule has 1 aromatic carbocycles. The third kappa shape index (κ3) is 3.34. The lowest BCUT2D eigenvalue weighted by molar-refractivity contribution is -0.113. The molecule has 0 bridgehead atoms. The Hall–Kier alpha value is -2.42. The van der Waals surface area contributed by atoms with Gasteiger partial charge in [-0.15, -0.1) is 17.8 Å². The highest BCUT2D eigenvalue weighted by atomic mass is 32.1. The van der Waals surface area contributed by atoms with Crippen LogP contribution in [0.4, 0.5) is 0 Å². The van der Waals surface area contributed by atoms with Crippen molar-refractivity contribution in [3.63, 3.8) is 0 Å². The Balaban J connectivity index is 2.05. The highest BCUT2D eigenvalue weighted by Gasteiger charge is 2.08. The van der Waals surface area contributed by atoms with Gasteiger partial charge in [0.15, 0.2) is 4.80 Å². The van der Waals surface area contributed by atoms with E-state index in [-0.39, 0.29) is 5.91 Å². The van der Waals surface area contributed by atoms with E-state index in [2.05, 4.69) is 10.9 Å². The number of amides is 1. The second-order valence-corrected chi connectivity index (χ2v) is 6.88. The van der Waals surface area contributed by atoms with Crippen LogP contribution in [0.1, 0.15) is 10.4 Å². The zero-order valence-electron chi connectivity index (χ0n) is 12.5. The van der Waals surface area contributed by atoms with Crippen molar-refractivity contribution < 1.29 is 4.79 Å². The first-order chi connectivity index (χ1) is 11.2. The van der Waals surface area contributed by atoms with Crippen molar-refractivity contribution in [2.75, 3.05) is 0 Å². The van der Waals surface area contributed by atoms with Gasteiger partial charge in [-0.05, 0) is 36.1 Å². The zero-order chi connectivity index (χ0) is 16.2. The number of nitrogens with zero attached hydrogens (tertiary/aromatic N) is 2. The lowest BCUT2D eigenvalue weighted by atomic mass is 10.2. The molecule has 0 N–H and O–H groups in total. The molecule has 0 unspecified atom stereocenters. The zero-order valence-corrected chi connectivity index (χ0v) is 14.2. The molecule has 1 amide bonds. The summed E-state index contributed by atoms with van der Waals surface area (Å²) < 4.78 is 3.00. The number of hydrogen-bond donors (Lipinski definition) is 0. The molecule has 3 rings (SSSR count). The number of rotatable bonds is 3. The molecule has 2 heterocycles. The fourth-order valence-electron chi connectivity index (χ4n) is 2.30. The van der Waals surface area contributed by atoms with E-state index in [1.165, 1.54) is 17.4 Å². The Morgan fingerprint density at radius 2 is 2.26 bits per heavy atom. The summed E-state index contributed by atoms with van der Waals surface area (Å²) in [6.07, 6.45) is 8.75. The second kappa shape index (κ2) is 6.78. The van der Waals surface area contributed by atoms with Crippen molar-refractivity contribution in [2.24, 2.45) is 4.99 Å². The molecule has 2 aromatic heterocycles. The minimum atomic E-state index is -0.284. The van der Waals surface area contributed by atoms with Crippen molar-refractivity contribution in [1.82, 2.24) is 4.57 Å². The summed E-state index contributed by atoms with van der Waals surface area (Å²) in [5, 5.41) is 1.97. The topological polar surface area (TPSA) is 34.4 Å². The van der Waals surface area contributed by atoms with Gasteiger partial charge in [0, 0.05) is 11.0 Å². The van der Waals surface area contributed by atoms with Crippen LogP contribution < -0.4 is 4.80 Å². The maximum absolute atomic E-state index is 12.1. The highest BCUT2D eigenvalue weighted by Crippen LogP contribution is 2.20. The Morgan fingerprint density at radius 1 is 1.39 bits per heavy atom. The molecule has 0 spiro atoms. The fourth-order valence-corrected chi connectivity index (χ4v) is 4.03. The van der Waals surface area contributed by atoms with Crippen LogP contribution in [0.2, 0.25) is 0 Å². The van der Waals surface area contributed by atoms with Crippen LogP contribution in [0.25, 0.3) is 16.3 Å². The van der Waals surface area contributed by atoms with E-state index < -0.39 is 0 Å². The molecular weight excluding hydrogens is 324 g/mol. The van der Waals surface area contributed by atoms with Crippen LogP contribution in [0, 0.1) is 19.3 Å². The molecule has 114 valence electrons. The number of thiazole rings is 1. The van der Waals surface area contributed by atoms with E-state index in [0.29, 0.717) is 11.3 Å². The number of carbonyl (C=O) groups excluding carboxylic acids is 1. The minimum Gasteiger partial charge on any atom is -0.304 e. The summed E-state index contributed by atoms with van der Waals surface area (Å²) in [7, 11) is 0. The Morgan fingerprint density at radius 3 is 3.00 bits per heavy atom. The third-order valence-corrected chi connectivity index (χ3v) is 5.17. The standard InChI is InChI=1S/C18H14N2OS2/c1-3-11-20-17-13(2)6-4-8-15(17)23-18(20)19-16(21)10-9-14-7-5-12-22-14/h1,4-10,12H,11H2,2H3/b10-9+,19-18?. The molecule has 0 atom stereocenters. The maximum atomic E-state index is 12.1. The van der Waals surface area contributed by atoms with E-state index in [1.807, 2.05) is 47.2 Å². The Kier molecular flexibility index (Phi) is 4.56. The maximum Gasteiger partial charge on any atom is 0.272 e. The van der Waals surface area contributed by atoms with Crippen molar-refractivity contribution in [2.45, 2.75) is 13.5 Å². The number of hydrogen-bond acceptors (Lipinski definition) is 3. The summed E-state index contributed by atoms with van der Waals surface area (Å²) in [5.41, 5.74) is 2.17. The predicted molar refractivity (Wildman–Crippen MR) is 97.3 cm³/mol. The molecular formula is C18H14N2OS2. The summed E-state index contributed by atoms with van der Waals surface area (Å²) in [6, 6.07) is 9.95. The van der Waals surface area contributed by atoms with Crippen molar-refractivity contribution >= 4 is 44.9 Å². The van der Waals surface area contributed by atoms with Crippen LogP contribution in [0.3, 0.4) is 0 Å². The van der Waals surface area contributed by atoms with Gasteiger partial charge in [0.25, 0.3) is 5.91 Å². The van der Waals surface area contributed by atoms with Crippen molar-refractivity contribution in [1.29, 1.82) is 0 Å². The second-order valence-electron chi connectivity index (χ2n) is 4.90. The number of carbonyl (C=O) groups is 1. The summed E-state index contributed by atoms with van der Waals surface area (Å²) >= 11 is 3.06. The molecule has 3 nitrogen and oxygen atoms in total. The normalized spacial score (nSPS) is 12.1. The molecule has 5 heteroatoms. The molecule has 0 saturated heterocycles. The smallest absolute Gasteiger partial charge is 0.272 e. The monoisotopic (exact) mass is 338 g/mol. The van der Waals surface area contributed by atoms with Crippen molar-refractivity contribution in [3.05, 3.63) is 57.0 Å². The van der Waals surface area contributed by atoms with Crippen molar-refractivity contribution in [3.8, 4) is 12.3 Å². The molecule has 0 fully saturated rings. The van der Waals surface area contributed by atoms with Gasteiger partial charge in [-0.3, -0.25) is 4.79 Å². The molecule has 0 aliphatic rings. The van der Waals surface area contributed by atoms with Gasteiger partial charge in [-0.25, -0.2) is 0 Å². The van der Waals surface area contributed by atoms with Gasteiger partial charge in [-0.2, -0.15) is 4.99 Å². The first-order valence-electron chi connectivity index (χ1n) is 7.02. The average molecular weight is 338 g/mol. The first kappa shape index (κ1) is 15.5. The van der Waals surface area contributed by atoms with Crippen LogP contribution in [-0.2, 0) is 11.3 Å². The lowest BCUT2D eigenvalue weighted by Gasteiger charge is -2.02. The summed E-state index contributed by atoms with van der Waals surface area (Å²) in [4.78, 5) is 18.0. The SMILES string of the molecule is C#CCn1c(=NC(=O)/C=C/c2cccs2)sc2cccc(C)c21. The van der Waals surface area contributed by atoms with E-state index >= 15 is 0 Å². The largest absolute Gasteiger partial charge is 0.304 e. The molecule has 0 aliphatic carbocycles. The van der Waals surface area contributed by atoms with Gasteiger partial charge in [0.2, 0.25) is 0 Å². The lowest BCUT2D eigenvalue weighted by Crippen LogP contribution is -2.16. The van der Waals surface area contributed by atoms with Crippen LogP contribution in [-0.4, -0.2) is 10.5 Å². The van der Waals surface area contributed by atoms with Gasteiger partial charge in [-0.1, -0.05) is 35.5 Å². The highest BCUT2D eigenvalue weighted by molar-refractivity contribution is 7.16. The minimum absolute atomic E-state index is 0.284. The number of benzene rings is 1. The average Bonchev–Trinajstić information content (AvgIpc) is 3.15. The van der Waals surface area contributed by atoms with E-state index in [4.69, 9.17) is 6.42 Å². The van der Waals surface area contributed by atoms with Gasteiger partial charge in [0.05, 0.1) is 16.8 Å². The number of thiophene rings is 1. The Labute approximate surface area is 142 Å². The number of aryl methyl sites for hydroxylation is 1. The molecule has 0 radical (unpaired) electrons. The summed E-state index contributed by atoms with van der Waals surface area (Å²) in [5.74, 6) is 2.36. The van der Waals surface area contributed by atoms with Crippen LogP contribution in [0.5, 0.6) is 0 Å². The van der Waals surface area contributed by atoms with E-state index in [9.17, 15) is 4.79 Å². The summed E-state index contributed by atoms with van der Waals surface area (Å²) in [6.45, 7) is 2.43.